The predicted octanol–water partition coefficient (Wildman–Crippen LogP) is 4.13. The SMILES string of the molecule is CCNC(=O)c1c(F)cc(Br)cc1Oc1ccccc1. The number of rotatable bonds is 4. The Labute approximate surface area is 124 Å². The molecule has 0 saturated heterocycles. The standard InChI is InChI=1S/C15H13BrFNO2/c1-2-18-15(19)14-12(17)8-10(16)9-13(14)20-11-6-4-3-5-7-11/h3-9H,2H2,1H3,(H,18,19). The first-order valence-corrected chi connectivity index (χ1v) is 6.91. The molecule has 0 aliphatic rings. The van der Waals surface area contributed by atoms with E-state index in [0.717, 1.165) is 0 Å². The second-order valence-corrected chi connectivity index (χ2v) is 4.95. The normalized spacial score (nSPS) is 10.2. The van der Waals surface area contributed by atoms with Gasteiger partial charge in [0.2, 0.25) is 0 Å². The number of hydrogen-bond donors (Lipinski definition) is 1. The molecule has 3 nitrogen and oxygen atoms in total. The summed E-state index contributed by atoms with van der Waals surface area (Å²) in [6.45, 7) is 2.19. The Morgan fingerprint density at radius 3 is 2.65 bits per heavy atom. The Kier molecular flexibility index (Phi) is 4.74. The molecule has 0 atom stereocenters. The summed E-state index contributed by atoms with van der Waals surface area (Å²) >= 11 is 3.20. The summed E-state index contributed by atoms with van der Waals surface area (Å²) in [4.78, 5) is 11.9. The molecule has 20 heavy (non-hydrogen) atoms. The summed E-state index contributed by atoms with van der Waals surface area (Å²) in [6.07, 6.45) is 0. The largest absolute Gasteiger partial charge is 0.456 e. The fraction of sp³-hybridized carbons (Fsp3) is 0.133. The van der Waals surface area contributed by atoms with Gasteiger partial charge in [-0.3, -0.25) is 4.79 Å². The Hall–Kier alpha value is -1.88. The van der Waals surface area contributed by atoms with E-state index in [0.29, 0.717) is 16.8 Å². The van der Waals surface area contributed by atoms with Crippen LogP contribution in [0.1, 0.15) is 17.3 Å². The first-order chi connectivity index (χ1) is 9.61. The third-order valence-corrected chi connectivity index (χ3v) is 3.01. The first kappa shape index (κ1) is 14.5. The van der Waals surface area contributed by atoms with Crippen molar-refractivity contribution in [2.45, 2.75) is 6.92 Å². The zero-order valence-corrected chi connectivity index (χ0v) is 12.4. The third-order valence-electron chi connectivity index (χ3n) is 2.55. The molecule has 0 aliphatic carbocycles. The highest BCUT2D eigenvalue weighted by Gasteiger charge is 2.19. The number of carbonyl (C=O) groups is 1. The van der Waals surface area contributed by atoms with Crippen LogP contribution in [0.3, 0.4) is 0 Å². The second-order valence-electron chi connectivity index (χ2n) is 4.04. The van der Waals surface area contributed by atoms with Crippen LogP contribution in [0.25, 0.3) is 0 Å². The van der Waals surface area contributed by atoms with Crippen LogP contribution in [0.5, 0.6) is 11.5 Å². The molecule has 0 saturated carbocycles. The van der Waals surface area contributed by atoms with Crippen LogP contribution in [0.4, 0.5) is 4.39 Å². The summed E-state index contributed by atoms with van der Waals surface area (Å²) in [5.41, 5.74) is -0.0982. The average molecular weight is 338 g/mol. The molecule has 1 N–H and O–H groups in total. The van der Waals surface area contributed by atoms with Crippen LogP contribution in [-0.4, -0.2) is 12.5 Å². The monoisotopic (exact) mass is 337 g/mol. The molecule has 0 heterocycles. The van der Waals surface area contributed by atoms with Crippen molar-refractivity contribution in [3.63, 3.8) is 0 Å². The lowest BCUT2D eigenvalue weighted by Gasteiger charge is -2.12. The van der Waals surface area contributed by atoms with Crippen molar-refractivity contribution >= 4 is 21.8 Å². The Balaban J connectivity index is 2.42. The van der Waals surface area contributed by atoms with E-state index >= 15 is 0 Å². The number of para-hydroxylation sites is 1. The molecule has 0 spiro atoms. The zero-order valence-electron chi connectivity index (χ0n) is 10.8. The highest BCUT2D eigenvalue weighted by molar-refractivity contribution is 9.10. The smallest absolute Gasteiger partial charge is 0.258 e. The van der Waals surface area contributed by atoms with Gasteiger partial charge in [-0.2, -0.15) is 0 Å². The topological polar surface area (TPSA) is 38.3 Å². The minimum atomic E-state index is -0.628. The lowest BCUT2D eigenvalue weighted by atomic mass is 10.1. The molecule has 2 rings (SSSR count). The van der Waals surface area contributed by atoms with Crippen molar-refractivity contribution in [2.24, 2.45) is 0 Å². The van der Waals surface area contributed by atoms with E-state index in [2.05, 4.69) is 21.2 Å². The minimum absolute atomic E-state index is 0.0982. The molecular weight excluding hydrogens is 325 g/mol. The number of hydrogen-bond acceptors (Lipinski definition) is 2. The number of amides is 1. The van der Waals surface area contributed by atoms with Gasteiger partial charge >= 0.3 is 0 Å². The zero-order chi connectivity index (χ0) is 14.5. The number of nitrogens with one attached hydrogen (secondary N) is 1. The molecule has 0 bridgehead atoms. The molecule has 0 fully saturated rings. The maximum Gasteiger partial charge on any atom is 0.258 e. The summed E-state index contributed by atoms with van der Waals surface area (Å²) in [5, 5.41) is 2.57. The highest BCUT2D eigenvalue weighted by atomic mass is 79.9. The summed E-state index contributed by atoms with van der Waals surface area (Å²) in [7, 11) is 0. The van der Waals surface area contributed by atoms with Gasteiger partial charge in [-0.25, -0.2) is 4.39 Å². The van der Waals surface area contributed by atoms with Crippen molar-refractivity contribution < 1.29 is 13.9 Å². The maximum absolute atomic E-state index is 14.0. The van der Waals surface area contributed by atoms with Crippen molar-refractivity contribution in [1.82, 2.24) is 5.32 Å². The van der Waals surface area contributed by atoms with Crippen LogP contribution in [-0.2, 0) is 0 Å². The number of halogens is 2. The number of ether oxygens (including phenoxy) is 1. The van der Waals surface area contributed by atoms with E-state index in [-0.39, 0.29) is 11.3 Å². The molecule has 0 aliphatic heterocycles. The van der Waals surface area contributed by atoms with E-state index < -0.39 is 11.7 Å². The van der Waals surface area contributed by atoms with E-state index in [1.165, 1.54) is 6.07 Å². The van der Waals surface area contributed by atoms with Crippen LogP contribution in [0.15, 0.2) is 46.9 Å². The van der Waals surface area contributed by atoms with Crippen molar-refractivity contribution in [2.75, 3.05) is 6.54 Å². The van der Waals surface area contributed by atoms with Crippen molar-refractivity contribution in [3.05, 3.63) is 58.3 Å². The minimum Gasteiger partial charge on any atom is -0.456 e. The molecule has 2 aromatic rings. The van der Waals surface area contributed by atoms with Gasteiger partial charge < -0.3 is 10.1 Å². The van der Waals surface area contributed by atoms with Gasteiger partial charge in [0.15, 0.2) is 0 Å². The molecule has 1 amide bonds. The number of carbonyl (C=O) groups excluding carboxylic acids is 1. The summed E-state index contributed by atoms with van der Waals surface area (Å²) in [6, 6.07) is 11.7. The van der Waals surface area contributed by atoms with Gasteiger partial charge in [-0.15, -0.1) is 0 Å². The molecule has 0 unspecified atom stereocenters. The van der Waals surface area contributed by atoms with Gasteiger partial charge in [-0.05, 0) is 31.2 Å². The third kappa shape index (κ3) is 3.36. The highest BCUT2D eigenvalue weighted by Crippen LogP contribution is 2.30. The quantitative estimate of drug-likeness (QED) is 0.910. The molecule has 2 aromatic carbocycles. The lowest BCUT2D eigenvalue weighted by molar-refractivity contribution is 0.0949. The van der Waals surface area contributed by atoms with Gasteiger partial charge in [0, 0.05) is 11.0 Å². The van der Waals surface area contributed by atoms with Gasteiger partial charge in [0.05, 0.1) is 0 Å². The van der Waals surface area contributed by atoms with E-state index in [1.54, 1.807) is 37.3 Å². The number of benzene rings is 2. The van der Waals surface area contributed by atoms with E-state index in [4.69, 9.17) is 4.74 Å². The fourth-order valence-corrected chi connectivity index (χ4v) is 2.12. The molecule has 0 aromatic heterocycles. The first-order valence-electron chi connectivity index (χ1n) is 6.12. The van der Waals surface area contributed by atoms with E-state index in [1.807, 2.05) is 6.07 Å². The molecule has 0 radical (unpaired) electrons. The average Bonchev–Trinajstić information content (AvgIpc) is 2.39. The summed E-state index contributed by atoms with van der Waals surface area (Å²) in [5.74, 6) is -0.413. The van der Waals surface area contributed by atoms with Gasteiger partial charge in [0.25, 0.3) is 5.91 Å². The predicted molar refractivity (Wildman–Crippen MR) is 78.6 cm³/mol. The van der Waals surface area contributed by atoms with Crippen LogP contribution >= 0.6 is 15.9 Å². The van der Waals surface area contributed by atoms with Crippen LogP contribution < -0.4 is 10.1 Å². The Morgan fingerprint density at radius 1 is 1.30 bits per heavy atom. The molecular formula is C15H13BrFNO2. The van der Waals surface area contributed by atoms with Gasteiger partial charge in [0.1, 0.15) is 22.9 Å². The Bertz CT molecular complexity index is 617. The molecule has 5 heteroatoms. The van der Waals surface area contributed by atoms with Crippen LogP contribution in [0, 0.1) is 5.82 Å². The Morgan fingerprint density at radius 2 is 2.00 bits per heavy atom. The molecule has 104 valence electrons. The van der Waals surface area contributed by atoms with Gasteiger partial charge in [-0.1, -0.05) is 34.1 Å². The van der Waals surface area contributed by atoms with E-state index in [9.17, 15) is 9.18 Å². The van der Waals surface area contributed by atoms with Crippen molar-refractivity contribution in [1.29, 1.82) is 0 Å². The second kappa shape index (κ2) is 6.52. The summed E-state index contributed by atoms with van der Waals surface area (Å²) < 4.78 is 20.1. The van der Waals surface area contributed by atoms with Crippen LogP contribution in [0.2, 0.25) is 0 Å². The van der Waals surface area contributed by atoms with Crippen molar-refractivity contribution in [3.8, 4) is 11.5 Å². The maximum atomic E-state index is 14.0. The lowest BCUT2D eigenvalue weighted by Crippen LogP contribution is -2.24. The fourth-order valence-electron chi connectivity index (χ4n) is 1.72.